The number of methoxy groups -OCH3 is 1. The number of rotatable bonds is 8. The highest BCUT2D eigenvalue weighted by Gasteiger charge is 2.30. The summed E-state index contributed by atoms with van der Waals surface area (Å²) in [5, 5.41) is 0. The molecule has 1 saturated heterocycles. The number of urea groups is 1. The highest BCUT2D eigenvalue weighted by Crippen LogP contribution is 2.26. The van der Waals surface area contributed by atoms with Crippen molar-refractivity contribution in [1.29, 1.82) is 0 Å². The molecule has 1 atom stereocenters. The second-order valence-electron chi connectivity index (χ2n) is 7.10. The minimum absolute atomic E-state index is 0.0205. The summed E-state index contributed by atoms with van der Waals surface area (Å²) in [4.78, 5) is 16.2. The molecule has 0 radical (unpaired) electrons. The Morgan fingerprint density at radius 2 is 1.76 bits per heavy atom. The third kappa shape index (κ3) is 4.82. The van der Waals surface area contributed by atoms with Crippen LogP contribution in [0.4, 0.5) is 10.5 Å². The Labute approximate surface area is 172 Å². The van der Waals surface area contributed by atoms with Crippen LogP contribution in [0, 0.1) is 5.92 Å². The van der Waals surface area contributed by atoms with Crippen LogP contribution in [0.3, 0.4) is 0 Å². The van der Waals surface area contributed by atoms with Crippen LogP contribution in [0.5, 0.6) is 11.5 Å². The van der Waals surface area contributed by atoms with Gasteiger partial charge in [0.05, 0.1) is 7.11 Å². The lowest BCUT2D eigenvalue weighted by molar-refractivity contribution is 0.212. The van der Waals surface area contributed by atoms with Gasteiger partial charge in [0.15, 0.2) is 0 Å². The van der Waals surface area contributed by atoms with Gasteiger partial charge in [-0.05, 0) is 42.3 Å². The summed E-state index contributed by atoms with van der Waals surface area (Å²) in [6.07, 6.45) is 1.02. The van der Waals surface area contributed by atoms with E-state index in [4.69, 9.17) is 8.92 Å². The molecule has 7 nitrogen and oxygen atoms in total. The van der Waals surface area contributed by atoms with E-state index < -0.39 is 10.1 Å². The molecule has 3 rings (SSSR count). The van der Waals surface area contributed by atoms with E-state index in [1.165, 1.54) is 25.3 Å². The molecule has 0 saturated carbocycles. The van der Waals surface area contributed by atoms with Crippen LogP contribution in [0.1, 0.15) is 20.3 Å². The van der Waals surface area contributed by atoms with Crippen LogP contribution in [0.25, 0.3) is 0 Å². The monoisotopic (exact) mass is 418 g/mol. The van der Waals surface area contributed by atoms with E-state index in [0.29, 0.717) is 30.4 Å². The number of carbonyl (C=O) groups is 1. The fraction of sp³-hybridized carbons (Fsp3) is 0.381. The van der Waals surface area contributed by atoms with Gasteiger partial charge in [-0.3, -0.25) is 4.90 Å². The second kappa shape index (κ2) is 8.73. The van der Waals surface area contributed by atoms with Crippen LogP contribution in [0.15, 0.2) is 53.4 Å². The molecule has 0 spiro atoms. The van der Waals surface area contributed by atoms with Crippen LogP contribution in [-0.2, 0) is 10.1 Å². The first-order valence-corrected chi connectivity index (χ1v) is 11.0. The van der Waals surface area contributed by atoms with Gasteiger partial charge in [0.2, 0.25) is 0 Å². The van der Waals surface area contributed by atoms with Gasteiger partial charge in [-0.25, -0.2) is 4.79 Å². The third-order valence-electron chi connectivity index (χ3n) is 5.01. The van der Waals surface area contributed by atoms with Gasteiger partial charge in [-0.2, -0.15) is 8.42 Å². The largest absolute Gasteiger partial charge is 0.497 e. The van der Waals surface area contributed by atoms with Crippen LogP contribution in [0.2, 0.25) is 0 Å². The first-order valence-electron chi connectivity index (χ1n) is 9.59. The minimum atomic E-state index is -3.99. The first kappa shape index (κ1) is 21.0. The van der Waals surface area contributed by atoms with Crippen molar-refractivity contribution >= 4 is 21.8 Å². The third-order valence-corrected chi connectivity index (χ3v) is 6.27. The Hall–Kier alpha value is -2.74. The van der Waals surface area contributed by atoms with E-state index in [-0.39, 0.29) is 16.7 Å². The maximum absolute atomic E-state index is 12.6. The SMILES string of the molecule is CCC(C)CN1CCN(c2ccc(S(=O)(=O)Oc3cccc(OC)c3)cc2)C1=O. The van der Waals surface area contributed by atoms with E-state index in [9.17, 15) is 13.2 Å². The molecule has 0 aromatic heterocycles. The minimum Gasteiger partial charge on any atom is -0.497 e. The summed E-state index contributed by atoms with van der Waals surface area (Å²) in [7, 11) is -2.50. The lowest BCUT2D eigenvalue weighted by atomic mass is 10.1. The number of benzene rings is 2. The molecule has 1 heterocycles. The van der Waals surface area contributed by atoms with E-state index in [1.807, 2.05) is 4.90 Å². The Bertz CT molecular complexity index is 959. The Morgan fingerprint density at radius 3 is 2.41 bits per heavy atom. The quantitative estimate of drug-likeness (QED) is 0.610. The van der Waals surface area contributed by atoms with Crippen molar-refractivity contribution < 1.29 is 22.1 Å². The van der Waals surface area contributed by atoms with Crippen LogP contribution >= 0.6 is 0 Å². The molecule has 29 heavy (non-hydrogen) atoms. The fourth-order valence-corrected chi connectivity index (χ4v) is 4.04. The molecule has 1 aliphatic rings. The molecule has 1 fully saturated rings. The summed E-state index contributed by atoms with van der Waals surface area (Å²) in [6, 6.07) is 12.5. The van der Waals surface area contributed by atoms with Crippen molar-refractivity contribution in [3.63, 3.8) is 0 Å². The Balaban J connectivity index is 1.72. The predicted octanol–water partition coefficient (Wildman–Crippen LogP) is 3.75. The highest BCUT2D eigenvalue weighted by molar-refractivity contribution is 7.87. The molecule has 0 N–H and O–H groups in total. The molecule has 2 aromatic rings. The molecule has 2 amide bonds. The van der Waals surface area contributed by atoms with Gasteiger partial charge in [0.1, 0.15) is 16.4 Å². The number of amides is 2. The molecule has 0 aliphatic carbocycles. The average Bonchev–Trinajstić information content (AvgIpc) is 3.08. The highest BCUT2D eigenvalue weighted by atomic mass is 32.2. The smallest absolute Gasteiger partial charge is 0.339 e. The number of hydrogen-bond acceptors (Lipinski definition) is 5. The van der Waals surface area contributed by atoms with Gasteiger partial charge < -0.3 is 13.8 Å². The van der Waals surface area contributed by atoms with E-state index in [0.717, 1.165) is 13.0 Å². The standard InChI is InChI=1S/C21H26N2O5S/c1-4-16(2)15-22-12-13-23(21(22)24)17-8-10-20(11-9-17)29(25,26)28-19-7-5-6-18(14-19)27-3/h5-11,14,16H,4,12-13,15H2,1-3H3. The summed E-state index contributed by atoms with van der Waals surface area (Å²) < 4.78 is 35.4. The van der Waals surface area contributed by atoms with Gasteiger partial charge in [-0.15, -0.1) is 0 Å². The normalized spacial score (nSPS) is 15.5. The molecule has 8 heteroatoms. The molecular formula is C21H26N2O5S. The van der Waals surface area contributed by atoms with Crippen molar-refractivity contribution in [2.75, 3.05) is 31.6 Å². The number of hydrogen-bond donors (Lipinski definition) is 0. The molecule has 1 aliphatic heterocycles. The number of carbonyl (C=O) groups excluding carboxylic acids is 1. The Kier molecular flexibility index (Phi) is 6.32. The van der Waals surface area contributed by atoms with Crippen LogP contribution < -0.4 is 13.8 Å². The van der Waals surface area contributed by atoms with Gasteiger partial charge in [0, 0.05) is 31.4 Å². The van der Waals surface area contributed by atoms with Crippen LogP contribution in [-0.4, -0.2) is 46.1 Å². The zero-order valence-electron chi connectivity index (χ0n) is 16.9. The van der Waals surface area contributed by atoms with E-state index in [2.05, 4.69) is 13.8 Å². The summed E-state index contributed by atoms with van der Waals surface area (Å²) in [5.74, 6) is 1.12. The summed E-state index contributed by atoms with van der Waals surface area (Å²) in [6.45, 7) is 6.21. The average molecular weight is 419 g/mol. The van der Waals surface area contributed by atoms with Crippen molar-refractivity contribution in [1.82, 2.24) is 4.90 Å². The molecular weight excluding hydrogens is 392 g/mol. The number of nitrogens with zero attached hydrogens (tertiary/aromatic N) is 2. The lowest BCUT2D eigenvalue weighted by Crippen LogP contribution is -2.34. The van der Waals surface area contributed by atoms with Crippen molar-refractivity contribution in [2.24, 2.45) is 5.92 Å². The summed E-state index contributed by atoms with van der Waals surface area (Å²) in [5.41, 5.74) is 0.669. The van der Waals surface area contributed by atoms with Gasteiger partial charge in [-0.1, -0.05) is 26.3 Å². The van der Waals surface area contributed by atoms with Gasteiger partial charge in [0.25, 0.3) is 0 Å². The first-order chi connectivity index (χ1) is 13.8. The molecule has 2 aromatic carbocycles. The molecule has 0 bridgehead atoms. The zero-order valence-corrected chi connectivity index (χ0v) is 17.7. The number of ether oxygens (including phenoxy) is 1. The molecule has 1 unspecified atom stereocenters. The lowest BCUT2D eigenvalue weighted by Gasteiger charge is -2.21. The van der Waals surface area contributed by atoms with E-state index >= 15 is 0 Å². The van der Waals surface area contributed by atoms with Gasteiger partial charge >= 0.3 is 16.1 Å². The fourth-order valence-electron chi connectivity index (χ4n) is 3.12. The molecule has 156 valence electrons. The van der Waals surface area contributed by atoms with E-state index in [1.54, 1.807) is 35.2 Å². The zero-order chi connectivity index (χ0) is 21.0. The Morgan fingerprint density at radius 1 is 1.07 bits per heavy atom. The summed E-state index contributed by atoms with van der Waals surface area (Å²) >= 11 is 0. The second-order valence-corrected chi connectivity index (χ2v) is 8.65. The van der Waals surface area contributed by atoms with Crippen molar-refractivity contribution in [2.45, 2.75) is 25.2 Å². The topological polar surface area (TPSA) is 76.2 Å². The maximum atomic E-state index is 12.6. The predicted molar refractivity (Wildman–Crippen MR) is 111 cm³/mol. The van der Waals surface area contributed by atoms with Crippen molar-refractivity contribution in [3.05, 3.63) is 48.5 Å². The maximum Gasteiger partial charge on any atom is 0.339 e. The number of anilines is 1. The van der Waals surface area contributed by atoms with Crippen molar-refractivity contribution in [3.8, 4) is 11.5 Å².